The lowest BCUT2D eigenvalue weighted by Crippen LogP contribution is -2.26. The molecule has 2 aromatic heterocycles. The molecule has 0 radical (unpaired) electrons. The molecule has 0 spiro atoms. The fourth-order valence-corrected chi connectivity index (χ4v) is 5.35. The minimum atomic E-state index is -5.60. The standard InChI is InChI=1S/C23H20F3N5O6S2/c1-15-21(32)31(18-7-9-19(10-8-18)38(34,35)23(24,25)26)22(33)30(15)14-16-11-12-27-13-20(16)29-39(36,37)28-17-5-3-2-4-6-17/h2-13,28-29,32H,14H2,1H3. The van der Waals surface area contributed by atoms with Gasteiger partial charge in [0.25, 0.3) is 9.84 Å². The van der Waals surface area contributed by atoms with E-state index in [-0.39, 0.29) is 23.6 Å². The number of alkyl halides is 3. The zero-order chi connectivity index (χ0) is 28.6. The Balaban J connectivity index is 1.65. The molecule has 3 N–H and O–H groups in total. The Labute approximate surface area is 220 Å². The highest BCUT2D eigenvalue weighted by atomic mass is 32.2. The van der Waals surface area contributed by atoms with Crippen molar-refractivity contribution in [2.75, 3.05) is 9.44 Å². The summed E-state index contributed by atoms with van der Waals surface area (Å²) < 4.78 is 93.6. The number of aromatic nitrogens is 3. The summed E-state index contributed by atoms with van der Waals surface area (Å²) in [5.74, 6) is -0.548. The number of hydrogen-bond donors (Lipinski definition) is 3. The number of nitrogens with zero attached hydrogens (tertiary/aromatic N) is 3. The molecule has 4 rings (SSSR count). The Kier molecular flexibility index (Phi) is 7.18. The van der Waals surface area contributed by atoms with Crippen molar-refractivity contribution in [1.29, 1.82) is 0 Å². The van der Waals surface area contributed by atoms with Gasteiger partial charge in [-0.25, -0.2) is 17.8 Å². The predicted molar refractivity (Wildman–Crippen MR) is 136 cm³/mol. The molecule has 4 aromatic rings. The molecule has 0 unspecified atom stereocenters. The molecule has 0 aliphatic carbocycles. The van der Waals surface area contributed by atoms with Gasteiger partial charge in [0, 0.05) is 6.20 Å². The summed E-state index contributed by atoms with van der Waals surface area (Å²) in [6.07, 6.45) is 2.60. The second kappa shape index (κ2) is 10.1. The Morgan fingerprint density at radius 3 is 2.21 bits per heavy atom. The van der Waals surface area contributed by atoms with Crippen LogP contribution in [0.3, 0.4) is 0 Å². The molecule has 2 aromatic carbocycles. The van der Waals surface area contributed by atoms with Crippen molar-refractivity contribution in [3.63, 3.8) is 0 Å². The average Bonchev–Trinajstić information content (AvgIpc) is 3.07. The van der Waals surface area contributed by atoms with Gasteiger partial charge >= 0.3 is 21.4 Å². The van der Waals surface area contributed by atoms with Crippen molar-refractivity contribution in [1.82, 2.24) is 14.1 Å². The number of hydrogen-bond acceptors (Lipinski definition) is 7. The van der Waals surface area contributed by atoms with Crippen molar-refractivity contribution < 1.29 is 35.1 Å². The van der Waals surface area contributed by atoms with Gasteiger partial charge in [-0.3, -0.25) is 19.0 Å². The lowest BCUT2D eigenvalue weighted by atomic mass is 10.2. The molecule has 0 amide bonds. The molecule has 16 heteroatoms. The van der Waals surface area contributed by atoms with E-state index in [1.54, 1.807) is 30.3 Å². The molecule has 2 heterocycles. The lowest BCUT2D eigenvalue weighted by Gasteiger charge is -2.14. The molecule has 206 valence electrons. The van der Waals surface area contributed by atoms with Crippen molar-refractivity contribution >= 4 is 31.4 Å². The quantitative estimate of drug-likeness (QED) is 0.288. The normalized spacial score (nSPS) is 12.3. The molecule has 11 nitrogen and oxygen atoms in total. The number of benzene rings is 2. The highest BCUT2D eigenvalue weighted by molar-refractivity contribution is 7.94. The SMILES string of the molecule is Cc1c(O)n(-c2ccc(S(=O)(=O)C(F)(F)F)cc2)c(=O)n1Cc1ccncc1NS(=O)(=O)Nc1ccccc1. The monoisotopic (exact) mass is 583 g/mol. The molecule has 0 atom stereocenters. The first kappa shape index (κ1) is 27.7. The molecule has 0 saturated carbocycles. The number of rotatable bonds is 8. The smallest absolute Gasteiger partial charge is 0.493 e. The molecule has 0 bridgehead atoms. The molecule has 0 saturated heterocycles. The summed E-state index contributed by atoms with van der Waals surface area (Å²) in [4.78, 5) is 16.1. The van der Waals surface area contributed by atoms with Crippen molar-refractivity contribution in [2.45, 2.75) is 23.9 Å². The minimum Gasteiger partial charge on any atom is -0.493 e. The van der Waals surface area contributed by atoms with E-state index in [0.717, 1.165) is 21.3 Å². The van der Waals surface area contributed by atoms with Crippen LogP contribution in [0, 0.1) is 6.92 Å². The van der Waals surface area contributed by atoms with Gasteiger partial charge in [0.2, 0.25) is 5.88 Å². The Morgan fingerprint density at radius 1 is 0.949 bits per heavy atom. The summed E-state index contributed by atoms with van der Waals surface area (Å²) in [5, 5.41) is 10.6. The zero-order valence-electron chi connectivity index (χ0n) is 19.9. The molecule has 0 aliphatic rings. The Hall–Kier alpha value is -4.31. The number of sulfone groups is 1. The number of pyridine rings is 1. The van der Waals surface area contributed by atoms with E-state index in [1.165, 1.54) is 25.4 Å². The van der Waals surface area contributed by atoms with Gasteiger partial charge in [0.05, 0.1) is 40.4 Å². The van der Waals surface area contributed by atoms with Gasteiger partial charge in [0.1, 0.15) is 0 Å². The van der Waals surface area contributed by atoms with Crippen LogP contribution in [-0.4, -0.2) is 41.6 Å². The first-order chi connectivity index (χ1) is 18.2. The van der Waals surface area contributed by atoms with Gasteiger partial charge < -0.3 is 5.11 Å². The number of halogens is 3. The van der Waals surface area contributed by atoms with Crippen molar-refractivity contribution in [2.24, 2.45) is 0 Å². The topological polar surface area (TPSA) is 152 Å². The maximum Gasteiger partial charge on any atom is 0.501 e. The number of imidazole rings is 1. The zero-order valence-corrected chi connectivity index (χ0v) is 21.5. The third-order valence-electron chi connectivity index (χ3n) is 5.58. The fraction of sp³-hybridized carbons (Fsp3) is 0.130. The molecular weight excluding hydrogens is 563 g/mol. The molecule has 0 aliphatic heterocycles. The van der Waals surface area contributed by atoms with Gasteiger partial charge in [-0.15, -0.1) is 0 Å². The van der Waals surface area contributed by atoms with Crippen LogP contribution < -0.4 is 15.1 Å². The van der Waals surface area contributed by atoms with E-state index >= 15 is 0 Å². The largest absolute Gasteiger partial charge is 0.501 e. The predicted octanol–water partition coefficient (Wildman–Crippen LogP) is 3.16. The van der Waals surface area contributed by atoms with Crippen LogP contribution in [-0.2, 0) is 26.6 Å². The lowest BCUT2D eigenvalue weighted by molar-refractivity contribution is -0.0436. The Bertz CT molecular complexity index is 1780. The number of nitrogens with one attached hydrogen (secondary N) is 2. The van der Waals surface area contributed by atoms with E-state index in [0.29, 0.717) is 23.4 Å². The fourth-order valence-electron chi connectivity index (χ4n) is 3.62. The van der Waals surface area contributed by atoms with E-state index < -0.39 is 42.0 Å². The highest BCUT2D eigenvalue weighted by Crippen LogP contribution is 2.31. The van der Waals surface area contributed by atoms with Gasteiger partial charge in [-0.05, 0) is 55.0 Å². The summed E-state index contributed by atoms with van der Waals surface area (Å²) in [5.41, 5.74) is -5.71. The molecule has 39 heavy (non-hydrogen) atoms. The van der Waals surface area contributed by atoms with Crippen LogP contribution in [0.4, 0.5) is 24.5 Å². The minimum absolute atomic E-state index is 0.0428. The van der Waals surface area contributed by atoms with Crippen LogP contribution in [0.5, 0.6) is 5.88 Å². The summed E-state index contributed by atoms with van der Waals surface area (Å²) in [6.45, 7) is 1.18. The summed E-state index contributed by atoms with van der Waals surface area (Å²) in [7, 11) is -9.71. The van der Waals surface area contributed by atoms with E-state index in [2.05, 4.69) is 14.4 Å². The number of anilines is 2. The van der Waals surface area contributed by atoms with Crippen LogP contribution in [0.15, 0.2) is 82.7 Å². The second-order valence-electron chi connectivity index (χ2n) is 8.16. The van der Waals surface area contributed by atoms with Crippen molar-refractivity contribution in [3.05, 3.63) is 94.8 Å². The van der Waals surface area contributed by atoms with Gasteiger partial charge in [0.15, 0.2) is 0 Å². The van der Waals surface area contributed by atoms with Gasteiger partial charge in [-0.1, -0.05) is 18.2 Å². The maximum absolute atomic E-state index is 13.2. The molecular formula is C23H20F3N5O6S2. The van der Waals surface area contributed by atoms with Gasteiger partial charge in [-0.2, -0.15) is 21.6 Å². The third-order valence-corrected chi connectivity index (χ3v) is 8.08. The van der Waals surface area contributed by atoms with Crippen LogP contribution in [0.2, 0.25) is 0 Å². The third kappa shape index (κ3) is 5.61. The first-order valence-electron chi connectivity index (χ1n) is 10.9. The van der Waals surface area contributed by atoms with Crippen LogP contribution in [0.25, 0.3) is 5.69 Å². The number of aromatic hydroxyl groups is 1. The second-order valence-corrected chi connectivity index (χ2v) is 11.5. The first-order valence-corrected chi connectivity index (χ1v) is 13.9. The van der Waals surface area contributed by atoms with Crippen LogP contribution in [0.1, 0.15) is 11.3 Å². The molecule has 0 fully saturated rings. The number of para-hydroxylation sites is 1. The van der Waals surface area contributed by atoms with Crippen molar-refractivity contribution in [3.8, 4) is 11.6 Å². The summed E-state index contributed by atoms with van der Waals surface area (Å²) in [6, 6.07) is 12.8. The highest BCUT2D eigenvalue weighted by Gasteiger charge is 2.46. The maximum atomic E-state index is 13.2. The summed E-state index contributed by atoms with van der Waals surface area (Å²) >= 11 is 0. The average molecular weight is 584 g/mol. The van der Waals surface area contributed by atoms with Crippen LogP contribution >= 0.6 is 0 Å². The Morgan fingerprint density at radius 2 is 1.59 bits per heavy atom. The van der Waals surface area contributed by atoms with E-state index in [4.69, 9.17) is 0 Å². The van der Waals surface area contributed by atoms with E-state index in [1.807, 2.05) is 0 Å². The van der Waals surface area contributed by atoms with E-state index in [9.17, 15) is 39.9 Å².